The molecular formula is C13H19ClN2O3. The van der Waals surface area contributed by atoms with Gasteiger partial charge >= 0.3 is 0 Å². The van der Waals surface area contributed by atoms with Gasteiger partial charge in [0.05, 0.1) is 5.69 Å². The lowest BCUT2D eigenvalue weighted by Crippen LogP contribution is -2.54. The Balaban J connectivity index is 0.00000180. The first-order valence-electron chi connectivity index (χ1n) is 5.99. The van der Waals surface area contributed by atoms with Crippen molar-refractivity contribution in [2.24, 2.45) is 5.73 Å². The van der Waals surface area contributed by atoms with Crippen molar-refractivity contribution >= 4 is 24.0 Å². The summed E-state index contributed by atoms with van der Waals surface area (Å²) in [6, 6.07) is 5.05. The Labute approximate surface area is 118 Å². The van der Waals surface area contributed by atoms with Crippen molar-refractivity contribution < 1.29 is 14.6 Å². The SMILES string of the molecule is Cc1ccc(O)c(NC(=O)C2(N)CCOCC2)c1.Cl. The van der Waals surface area contributed by atoms with Crippen LogP contribution in [0.3, 0.4) is 0 Å². The summed E-state index contributed by atoms with van der Waals surface area (Å²) in [5.74, 6) is -0.226. The summed E-state index contributed by atoms with van der Waals surface area (Å²) in [5, 5.41) is 12.4. The second kappa shape index (κ2) is 6.23. The summed E-state index contributed by atoms with van der Waals surface area (Å²) in [5.41, 5.74) is 6.52. The number of halogens is 1. The molecule has 19 heavy (non-hydrogen) atoms. The maximum atomic E-state index is 12.2. The number of carbonyl (C=O) groups is 1. The molecule has 1 aromatic rings. The third kappa shape index (κ3) is 3.59. The minimum atomic E-state index is -0.908. The van der Waals surface area contributed by atoms with E-state index in [9.17, 15) is 9.90 Å². The standard InChI is InChI=1S/C13H18N2O3.ClH/c1-9-2-3-11(16)10(8-9)15-12(17)13(14)4-6-18-7-5-13;/h2-3,8,16H,4-7,14H2,1H3,(H,15,17);1H. The van der Waals surface area contributed by atoms with Crippen LogP contribution in [0.25, 0.3) is 0 Å². The third-order valence-corrected chi connectivity index (χ3v) is 3.24. The van der Waals surface area contributed by atoms with Gasteiger partial charge in [-0.25, -0.2) is 0 Å². The van der Waals surface area contributed by atoms with Gasteiger partial charge in [-0.3, -0.25) is 4.79 Å². The van der Waals surface area contributed by atoms with Crippen LogP contribution in [-0.2, 0) is 9.53 Å². The number of nitrogens with one attached hydrogen (secondary N) is 1. The van der Waals surface area contributed by atoms with Crippen LogP contribution in [0.15, 0.2) is 18.2 Å². The first-order valence-corrected chi connectivity index (χ1v) is 5.99. The van der Waals surface area contributed by atoms with Crippen molar-refractivity contribution in [2.45, 2.75) is 25.3 Å². The normalized spacial score (nSPS) is 17.4. The molecule has 1 heterocycles. The van der Waals surface area contributed by atoms with E-state index in [0.717, 1.165) is 5.56 Å². The number of benzene rings is 1. The largest absolute Gasteiger partial charge is 0.506 e. The molecule has 0 aliphatic carbocycles. The molecule has 1 aliphatic rings. The smallest absolute Gasteiger partial charge is 0.244 e. The zero-order valence-corrected chi connectivity index (χ0v) is 11.6. The number of ether oxygens (including phenoxy) is 1. The van der Waals surface area contributed by atoms with Gasteiger partial charge in [0.25, 0.3) is 0 Å². The highest BCUT2D eigenvalue weighted by Gasteiger charge is 2.36. The molecular weight excluding hydrogens is 268 g/mol. The second-order valence-corrected chi connectivity index (χ2v) is 4.74. The minimum Gasteiger partial charge on any atom is -0.506 e. The molecule has 1 saturated heterocycles. The van der Waals surface area contributed by atoms with Gasteiger partial charge in [0.2, 0.25) is 5.91 Å². The van der Waals surface area contributed by atoms with Crippen LogP contribution < -0.4 is 11.1 Å². The summed E-state index contributed by atoms with van der Waals surface area (Å²) in [6.45, 7) is 2.87. The minimum absolute atomic E-state index is 0. The molecule has 1 fully saturated rings. The van der Waals surface area contributed by atoms with Gasteiger partial charge < -0.3 is 20.9 Å². The van der Waals surface area contributed by atoms with Crippen LogP contribution in [0.4, 0.5) is 5.69 Å². The van der Waals surface area contributed by atoms with Crippen molar-refractivity contribution in [3.63, 3.8) is 0 Å². The monoisotopic (exact) mass is 286 g/mol. The van der Waals surface area contributed by atoms with E-state index < -0.39 is 5.54 Å². The van der Waals surface area contributed by atoms with Gasteiger partial charge in [0.15, 0.2) is 0 Å². The van der Waals surface area contributed by atoms with Crippen LogP contribution in [-0.4, -0.2) is 29.8 Å². The zero-order chi connectivity index (χ0) is 13.2. The lowest BCUT2D eigenvalue weighted by atomic mass is 9.90. The summed E-state index contributed by atoms with van der Waals surface area (Å²) in [4.78, 5) is 12.2. The van der Waals surface area contributed by atoms with E-state index in [4.69, 9.17) is 10.5 Å². The number of amides is 1. The molecule has 1 aliphatic heterocycles. The van der Waals surface area contributed by atoms with Crippen molar-refractivity contribution in [1.29, 1.82) is 0 Å². The van der Waals surface area contributed by atoms with Gasteiger partial charge in [-0.1, -0.05) is 6.07 Å². The van der Waals surface area contributed by atoms with Crippen molar-refractivity contribution in [2.75, 3.05) is 18.5 Å². The quantitative estimate of drug-likeness (QED) is 0.721. The maximum Gasteiger partial charge on any atom is 0.244 e. The molecule has 0 bridgehead atoms. The molecule has 106 valence electrons. The van der Waals surface area contributed by atoms with Gasteiger partial charge in [0, 0.05) is 13.2 Å². The lowest BCUT2D eigenvalue weighted by Gasteiger charge is -2.31. The fourth-order valence-electron chi connectivity index (χ4n) is 1.96. The molecule has 2 rings (SSSR count). The molecule has 0 radical (unpaired) electrons. The molecule has 5 nitrogen and oxygen atoms in total. The maximum absolute atomic E-state index is 12.2. The highest BCUT2D eigenvalue weighted by Crippen LogP contribution is 2.26. The van der Waals surface area contributed by atoms with Gasteiger partial charge in [0.1, 0.15) is 11.3 Å². The van der Waals surface area contributed by atoms with Gasteiger partial charge in [-0.2, -0.15) is 0 Å². The molecule has 1 amide bonds. The number of hydrogen-bond donors (Lipinski definition) is 3. The van der Waals surface area contributed by atoms with Crippen LogP contribution in [0.1, 0.15) is 18.4 Å². The molecule has 4 N–H and O–H groups in total. The number of aryl methyl sites for hydroxylation is 1. The van der Waals surface area contributed by atoms with E-state index in [2.05, 4.69) is 5.32 Å². The average Bonchev–Trinajstić information content (AvgIpc) is 2.35. The highest BCUT2D eigenvalue weighted by molar-refractivity contribution is 5.99. The number of phenolic OH excluding ortho intramolecular Hbond substituents is 1. The molecule has 0 aromatic heterocycles. The summed E-state index contributed by atoms with van der Waals surface area (Å²) in [6.07, 6.45) is 0.983. The Morgan fingerprint density at radius 2 is 2.05 bits per heavy atom. The molecule has 0 unspecified atom stereocenters. The van der Waals surface area contributed by atoms with E-state index in [0.29, 0.717) is 31.7 Å². The van der Waals surface area contributed by atoms with E-state index in [1.165, 1.54) is 0 Å². The van der Waals surface area contributed by atoms with E-state index in [1.54, 1.807) is 18.2 Å². The molecule has 1 aromatic carbocycles. The predicted octanol–water partition coefficient (Wildman–Crippen LogP) is 1.57. The first kappa shape index (κ1) is 15.8. The summed E-state index contributed by atoms with van der Waals surface area (Å²) < 4.78 is 5.20. The third-order valence-electron chi connectivity index (χ3n) is 3.24. The van der Waals surface area contributed by atoms with Crippen LogP contribution in [0.5, 0.6) is 5.75 Å². The van der Waals surface area contributed by atoms with E-state index >= 15 is 0 Å². The zero-order valence-electron chi connectivity index (χ0n) is 10.8. The average molecular weight is 287 g/mol. The van der Waals surface area contributed by atoms with Crippen LogP contribution >= 0.6 is 12.4 Å². The van der Waals surface area contributed by atoms with Gasteiger partial charge in [-0.05, 0) is 37.5 Å². The Morgan fingerprint density at radius 3 is 2.68 bits per heavy atom. The summed E-state index contributed by atoms with van der Waals surface area (Å²) >= 11 is 0. The highest BCUT2D eigenvalue weighted by atomic mass is 35.5. The van der Waals surface area contributed by atoms with Crippen LogP contribution in [0.2, 0.25) is 0 Å². The van der Waals surface area contributed by atoms with Crippen molar-refractivity contribution in [3.05, 3.63) is 23.8 Å². The fraction of sp³-hybridized carbons (Fsp3) is 0.462. The Hall–Kier alpha value is -1.30. The number of hydrogen-bond acceptors (Lipinski definition) is 4. The number of phenols is 1. The molecule has 0 spiro atoms. The number of rotatable bonds is 2. The van der Waals surface area contributed by atoms with E-state index in [-0.39, 0.29) is 24.1 Å². The Morgan fingerprint density at radius 1 is 1.42 bits per heavy atom. The number of aromatic hydroxyl groups is 1. The predicted molar refractivity (Wildman–Crippen MR) is 75.7 cm³/mol. The lowest BCUT2D eigenvalue weighted by molar-refractivity contribution is -0.124. The number of carbonyl (C=O) groups excluding carboxylic acids is 1. The topological polar surface area (TPSA) is 84.6 Å². The first-order chi connectivity index (χ1) is 8.51. The van der Waals surface area contributed by atoms with E-state index in [1.807, 2.05) is 6.92 Å². The second-order valence-electron chi connectivity index (χ2n) is 4.74. The number of anilines is 1. The Kier molecular flexibility index (Phi) is 5.17. The molecule has 0 atom stereocenters. The fourth-order valence-corrected chi connectivity index (χ4v) is 1.96. The van der Waals surface area contributed by atoms with Crippen LogP contribution in [0, 0.1) is 6.92 Å². The molecule has 6 heteroatoms. The molecule has 0 saturated carbocycles. The summed E-state index contributed by atoms with van der Waals surface area (Å²) in [7, 11) is 0. The Bertz CT molecular complexity index is 459. The van der Waals surface area contributed by atoms with Gasteiger partial charge in [-0.15, -0.1) is 12.4 Å². The van der Waals surface area contributed by atoms with Crippen molar-refractivity contribution in [3.8, 4) is 5.75 Å². The number of nitrogens with two attached hydrogens (primary N) is 1. The van der Waals surface area contributed by atoms with Crippen molar-refractivity contribution in [1.82, 2.24) is 0 Å².